The molecule has 0 aliphatic carbocycles. The van der Waals surface area contributed by atoms with Crippen molar-refractivity contribution in [3.63, 3.8) is 0 Å². The molecule has 1 aliphatic rings. The van der Waals surface area contributed by atoms with Crippen molar-refractivity contribution >= 4 is 23.6 Å². The standard InChI is InChI=1S/C24H27N5O2S/c1-18-9-11-20(12-10-18)29-17-25-27-24(29)32-16-22(30)26-21(15-19-7-3-2-4-8-19)23(31)28-13-5-6-14-28/h2-4,7-12,17,21H,5-6,13-16H2,1H3,(H,26,30). The van der Waals surface area contributed by atoms with Crippen LogP contribution in [0.5, 0.6) is 0 Å². The number of amides is 2. The summed E-state index contributed by atoms with van der Waals surface area (Å²) in [6.07, 6.45) is 4.15. The molecule has 32 heavy (non-hydrogen) atoms. The SMILES string of the molecule is Cc1ccc(-n2cnnc2SCC(=O)NC(Cc2ccccc2)C(=O)N2CCCC2)cc1. The Bertz CT molecular complexity index is 1050. The molecule has 2 amide bonds. The fourth-order valence-electron chi connectivity index (χ4n) is 3.78. The number of nitrogens with one attached hydrogen (secondary N) is 1. The first kappa shape index (κ1) is 22.1. The molecule has 0 radical (unpaired) electrons. The highest BCUT2D eigenvalue weighted by Gasteiger charge is 2.28. The molecule has 8 heteroatoms. The average Bonchev–Trinajstić information content (AvgIpc) is 3.50. The molecule has 1 aromatic heterocycles. The molecular formula is C24H27N5O2S. The Morgan fingerprint density at radius 1 is 1.06 bits per heavy atom. The first-order valence-electron chi connectivity index (χ1n) is 10.8. The third-order valence-electron chi connectivity index (χ3n) is 5.49. The van der Waals surface area contributed by atoms with Crippen molar-refractivity contribution in [3.05, 3.63) is 72.1 Å². The lowest BCUT2D eigenvalue weighted by Gasteiger charge is -2.24. The quantitative estimate of drug-likeness (QED) is 0.535. The van der Waals surface area contributed by atoms with Gasteiger partial charge in [-0.15, -0.1) is 10.2 Å². The highest BCUT2D eigenvalue weighted by atomic mass is 32.2. The Kier molecular flexibility index (Phi) is 7.21. The average molecular weight is 450 g/mol. The summed E-state index contributed by atoms with van der Waals surface area (Å²) >= 11 is 1.31. The number of thioether (sulfide) groups is 1. The lowest BCUT2D eigenvalue weighted by atomic mass is 10.0. The van der Waals surface area contributed by atoms with E-state index in [1.807, 2.05) is 71.0 Å². The van der Waals surface area contributed by atoms with Gasteiger partial charge in [-0.3, -0.25) is 14.2 Å². The summed E-state index contributed by atoms with van der Waals surface area (Å²) in [6, 6.07) is 17.3. The molecule has 0 spiro atoms. The van der Waals surface area contributed by atoms with Crippen molar-refractivity contribution in [2.24, 2.45) is 0 Å². The monoisotopic (exact) mass is 449 g/mol. The van der Waals surface area contributed by atoms with E-state index in [0.717, 1.165) is 37.2 Å². The first-order chi connectivity index (χ1) is 15.6. The maximum absolute atomic E-state index is 13.1. The second-order valence-electron chi connectivity index (χ2n) is 7.95. The van der Waals surface area contributed by atoms with Gasteiger partial charge in [-0.05, 0) is 37.5 Å². The zero-order valence-electron chi connectivity index (χ0n) is 18.1. The molecular weight excluding hydrogens is 422 g/mol. The van der Waals surface area contributed by atoms with Gasteiger partial charge in [0, 0.05) is 25.2 Å². The number of rotatable bonds is 8. The first-order valence-corrected chi connectivity index (χ1v) is 11.8. The number of carbonyl (C=O) groups excluding carboxylic acids is 2. The van der Waals surface area contributed by atoms with E-state index in [4.69, 9.17) is 0 Å². The largest absolute Gasteiger partial charge is 0.343 e. The number of hydrogen-bond acceptors (Lipinski definition) is 5. The van der Waals surface area contributed by atoms with E-state index in [0.29, 0.717) is 11.6 Å². The minimum Gasteiger partial charge on any atom is -0.343 e. The Morgan fingerprint density at radius 2 is 1.78 bits per heavy atom. The van der Waals surface area contributed by atoms with Gasteiger partial charge >= 0.3 is 0 Å². The van der Waals surface area contributed by atoms with E-state index < -0.39 is 6.04 Å². The van der Waals surface area contributed by atoms with Crippen molar-refractivity contribution in [2.75, 3.05) is 18.8 Å². The number of carbonyl (C=O) groups is 2. The summed E-state index contributed by atoms with van der Waals surface area (Å²) in [6.45, 7) is 3.55. The van der Waals surface area contributed by atoms with E-state index in [2.05, 4.69) is 15.5 Å². The minimum atomic E-state index is -0.571. The zero-order chi connectivity index (χ0) is 22.3. The van der Waals surface area contributed by atoms with Crippen molar-refractivity contribution in [1.82, 2.24) is 25.0 Å². The van der Waals surface area contributed by atoms with E-state index in [1.54, 1.807) is 6.33 Å². The van der Waals surface area contributed by atoms with Crippen LogP contribution >= 0.6 is 11.8 Å². The molecule has 1 aliphatic heterocycles. The number of benzene rings is 2. The van der Waals surface area contributed by atoms with Crippen LogP contribution in [0.1, 0.15) is 24.0 Å². The van der Waals surface area contributed by atoms with Crippen LogP contribution in [0.15, 0.2) is 66.1 Å². The van der Waals surface area contributed by atoms with Gasteiger partial charge in [-0.2, -0.15) is 0 Å². The van der Waals surface area contributed by atoms with Gasteiger partial charge in [-0.1, -0.05) is 59.8 Å². The Morgan fingerprint density at radius 3 is 2.50 bits per heavy atom. The molecule has 166 valence electrons. The molecule has 4 rings (SSSR count). The predicted molar refractivity (Wildman–Crippen MR) is 125 cm³/mol. The van der Waals surface area contributed by atoms with E-state index in [-0.39, 0.29) is 17.6 Å². The fraction of sp³-hybridized carbons (Fsp3) is 0.333. The van der Waals surface area contributed by atoms with Gasteiger partial charge in [0.25, 0.3) is 0 Å². The highest BCUT2D eigenvalue weighted by Crippen LogP contribution is 2.20. The number of likely N-dealkylation sites (tertiary alicyclic amines) is 1. The number of nitrogens with zero attached hydrogens (tertiary/aromatic N) is 4. The van der Waals surface area contributed by atoms with Crippen LogP contribution in [0.3, 0.4) is 0 Å². The van der Waals surface area contributed by atoms with Crippen LogP contribution in [0.4, 0.5) is 0 Å². The summed E-state index contributed by atoms with van der Waals surface area (Å²) in [5, 5.41) is 11.7. The van der Waals surface area contributed by atoms with Gasteiger partial charge in [0.05, 0.1) is 5.75 Å². The smallest absolute Gasteiger partial charge is 0.245 e. The summed E-state index contributed by atoms with van der Waals surface area (Å²) in [5.41, 5.74) is 3.13. The van der Waals surface area contributed by atoms with Crippen LogP contribution < -0.4 is 5.32 Å². The van der Waals surface area contributed by atoms with Crippen molar-refractivity contribution in [3.8, 4) is 5.69 Å². The molecule has 1 fully saturated rings. The Hall–Kier alpha value is -3.13. The van der Waals surface area contributed by atoms with Crippen LogP contribution in [-0.4, -0.2) is 56.4 Å². The summed E-state index contributed by atoms with van der Waals surface area (Å²) in [4.78, 5) is 27.7. The van der Waals surface area contributed by atoms with Crippen LogP contribution in [0.2, 0.25) is 0 Å². The molecule has 0 bridgehead atoms. The molecule has 1 N–H and O–H groups in total. The predicted octanol–water partition coefficient (Wildman–Crippen LogP) is 3.02. The molecule has 1 unspecified atom stereocenters. The zero-order valence-corrected chi connectivity index (χ0v) is 18.9. The van der Waals surface area contributed by atoms with E-state index in [9.17, 15) is 9.59 Å². The maximum Gasteiger partial charge on any atom is 0.245 e. The van der Waals surface area contributed by atoms with Crippen LogP contribution in [0, 0.1) is 6.92 Å². The second-order valence-corrected chi connectivity index (χ2v) is 8.89. The third kappa shape index (κ3) is 5.56. The molecule has 1 saturated heterocycles. The highest BCUT2D eigenvalue weighted by molar-refractivity contribution is 7.99. The number of aromatic nitrogens is 3. The summed E-state index contributed by atoms with van der Waals surface area (Å²) in [5.74, 6) is -0.0437. The van der Waals surface area contributed by atoms with Crippen LogP contribution in [0.25, 0.3) is 5.69 Å². The Labute approximate surface area is 192 Å². The van der Waals surface area contributed by atoms with Crippen molar-refractivity contribution in [1.29, 1.82) is 0 Å². The molecule has 3 aromatic rings. The van der Waals surface area contributed by atoms with Gasteiger partial charge in [-0.25, -0.2) is 0 Å². The second kappa shape index (κ2) is 10.5. The van der Waals surface area contributed by atoms with Gasteiger partial charge in [0.1, 0.15) is 12.4 Å². The topological polar surface area (TPSA) is 80.1 Å². The lowest BCUT2D eigenvalue weighted by molar-refractivity contribution is -0.135. The van der Waals surface area contributed by atoms with Gasteiger partial charge < -0.3 is 10.2 Å². The summed E-state index contributed by atoms with van der Waals surface area (Å²) < 4.78 is 1.86. The fourth-order valence-corrected chi connectivity index (χ4v) is 4.52. The van der Waals surface area contributed by atoms with E-state index in [1.165, 1.54) is 17.3 Å². The molecule has 0 saturated carbocycles. The van der Waals surface area contributed by atoms with Gasteiger partial charge in [0.15, 0.2) is 5.16 Å². The Balaban J connectivity index is 1.41. The normalized spacial score (nSPS) is 14.3. The number of aryl methyl sites for hydroxylation is 1. The van der Waals surface area contributed by atoms with E-state index >= 15 is 0 Å². The number of hydrogen-bond donors (Lipinski definition) is 1. The maximum atomic E-state index is 13.1. The lowest BCUT2D eigenvalue weighted by Crippen LogP contribution is -2.49. The van der Waals surface area contributed by atoms with Gasteiger partial charge in [0.2, 0.25) is 11.8 Å². The molecule has 1 atom stereocenters. The van der Waals surface area contributed by atoms with Crippen molar-refractivity contribution < 1.29 is 9.59 Å². The molecule has 2 aromatic carbocycles. The summed E-state index contributed by atoms with van der Waals surface area (Å²) in [7, 11) is 0. The van der Waals surface area contributed by atoms with Crippen molar-refractivity contribution in [2.45, 2.75) is 37.4 Å². The molecule has 2 heterocycles. The molecule has 7 nitrogen and oxygen atoms in total. The third-order valence-corrected chi connectivity index (χ3v) is 6.44. The van der Waals surface area contributed by atoms with Crippen LogP contribution in [-0.2, 0) is 16.0 Å². The minimum absolute atomic E-state index is 0.00692.